The second-order valence-electron chi connectivity index (χ2n) is 3.88. The third kappa shape index (κ3) is 2.23. The fraction of sp³-hybridized carbons (Fsp3) is 0.545. The third-order valence-electron chi connectivity index (χ3n) is 2.77. The molecule has 1 aliphatic rings. The minimum Gasteiger partial charge on any atom is -0.367 e. The van der Waals surface area contributed by atoms with Crippen molar-refractivity contribution in [3.05, 3.63) is 23.9 Å². The number of nitrogens with one attached hydrogen (secondary N) is 1. The van der Waals surface area contributed by atoms with Gasteiger partial charge in [-0.25, -0.2) is 4.98 Å². The summed E-state index contributed by atoms with van der Waals surface area (Å²) in [6, 6.07) is 4.68. The zero-order valence-corrected chi connectivity index (χ0v) is 8.37. The first-order chi connectivity index (χ1) is 6.88. The lowest BCUT2D eigenvalue weighted by Crippen LogP contribution is -2.15. The van der Waals surface area contributed by atoms with Crippen LogP contribution in [0.25, 0.3) is 0 Å². The molecule has 1 fully saturated rings. The van der Waals surface area contributed by atoms with Gasteiger partial charge in [-0.3, -0.25) is 0 Å². The van der Waals surface area contributed by atoms with Crippen molar-refractivity contribution in [3.63, 3.8) is 0 Å². The lowest BCUT2D eigenvalue weighted by atomic mass is 10.2. The first kappa shape index (κ1) is 9.46. The molecule has 0 bridgehead atoms. The van der Waals surface area contributed by atoms with Gasteiger partial charge in [0.25, 0.3) is 0 Å². The zero-order chi connectivity index (χ0) is 9.80. The highest BCUT2D eigenvalue weighted by atomic mass is 15.0. The number of rotatable bonds is 3. The first-order valence-corrected chi connectivity index (χ1v) is 5.30. The molecule has 2 rings (SSSR count). The molecule has 1 heterocycles. The van der Waals surface area contributed by atoms with E-state index in [1.54, 1.807) is 0 Å². The normalized spacial score (nSPS) is 17.2. The molecule has 0 radical (unpaired) electrons. The fourth-order valence-corrected chi connectivity index (χ4v) is 1.91. The maximum absolute atomic E-state index is 5.50. The van der Waals surface area contributed by atoms with Gasteiger partial charge in [0.05, 0.1) is 0 Å². The maximum Gasteiger partial charge on any atom is 0.126 e. The Bertz CT molecular complexity index is 275. The smallest absolute Gasteiger partial charge is 0.126 e. The Kier molecular flexibility index (Phi) is 2.99. The third-order valence-corrected chi connectivity index (χ3v) is 2.77. The second-order valence-corrected chi connectivity index (χ2v) is 3.88. The molecule has 0 unspecified atom stereocenters. The molecule has 0 aliphatic heterocycles. The van der Waals surface area contributed by atoms with Crippen LogP contribution >= 0.6 is 0 Å². The molecule has 3 N–H and O–H groups in total. The zero-order valence-electron chi connectivity index (χ0n) is 8.37. The summed E-state index contributed by atoms with van der Waals surface area (Å²) in [6.45, 7) is 0.566. The van der Waals surface area contributed by atoms with Gasteiger partial charge in [-0.05, 0) is 24.5 Å². The van der Waals surface area contributed by atoms with Crippen molar-refractivity contribution in [2.45, 2.75) is 38.3 Å². The van der Waals surface area contributed by atoms with Crippen LogP contribution in [0.5, 0.6) is 0 Å². The van der Waals surface area contributed by atoms with Crippen LogP contribution in [0.2, 0.25) is 0 Å². The molecule has 3 heteroatoms. The Morgan fingerprint density at radius 2 is 2.14 bits per heavy atom. The van der Waals surface area contributed by atoms with Crippen LogP contribution < -0.4 is 11.1 Å². The highest BCUT2D eigenvalue weighted by molar-refractivity contribution is 5.36. The number of pyridine rings is 1. The van der Waals surface area contributed by atoms with E-state index in [4.69, 9.17) is 5.73 Å². The van der Waals surface area contributed by atoms with Crippen molar-refractivity contribution in [2.24, 2.45) is 5.73 Å². The van der Waals surface area contributed by atoms with E-state index in [-0.39, 0.29) is 0 Å². The quantitative estimate of drug-likeness (QED) is 0.767. The predicted molar refractivity (Wildman–Crippen MR) is 58.0 cm³/mol. The van der Waals surface area contributed by atoms with Crippen LogP contribution in [0.3, 0.4) is 0 Å². The summed E-state index contributed by atoms with van der Waals surface area (Å²) in [5.74, 6) is 0.981. The molecule has 14 heavy (non-hydrogen) atoms. The van der Waals surface area contributed by atoms with Crippen molar-refractivity contribution in [3.8, 4) is 0 Å². The molecule has 0 atom stereocenters. The summed E-state index contributed by atoms with van der Waals surface area (Å²) in [5, 5.41) is 3.44. The van der Waals surface area contributed by atoms with Crippen LogP contribution in [0.1, 0.15) is 31.2 Å². The van der Waals surface area contributed by atoms with E-state index in [1.165, 1.54) is 25.7 Å². The number of nitrogens with two attached hydrogens (primary N) is 1. The molecule has 1 aromatic heterocycles. The lowest BCUT2D eigenvalue weighted by molar-refractivity contribution is 0.750. The fourth-order valence-electron chi connectivity index (χ4n) is 1.91. The number of aromatic nitrogens is 1. The SMILES string of the molecule is NCc1ccc(NC2CCCC2)nc1. The maximum atomic E-state index is 5.50. The topological polar surface area (TPSA) is 50.9 Å². The molecular weight excluding hydrogens is 174 g/mol. The molecule has 0 aromatic carbocycles. The number of nitrogens with zero attached hydrogens (tertiary/aromatic N) is 1. The Hall–Kier alpha value is -1.09. The van der Waals surface area contributed by atoms with E-state index in [0.29, 0.717) is 12.6 Å². The number of hydrogen-bond donors (Lipinski definition) is 2. The minimum atomic E-state index is 0.566. The summed E-state index contributed by atoms with van der Waals surface area (Å²) in [4.78, 5) is 4.32. The highest BCUT2D eigenvalue weighted by Gasteiger charge is 2.14. The van der Waals surface area contributed by atoms with Gasteiger partial charge in [-0.15, -0.1) is 0 Å². The summed E-state index contributed by atoms with van der Waals surface area (Å²) in [7, 11) is 0. The Balaban J connectivity index is 1.95. The largest absolute Gasteiger partial charge is 0.367 e. The molecule has 0 spiro atoms. The van der Waals surface area contributed by atoms with E-state index in [2.05, 4.69) is 10.3 Å². The molecule has 3 nitrogen and oxygen atoms in total. The predicted octanol–water partition coefficient (Wildman–Crippen LogP) is 1.89. The van der Waals surface area contributed by atoms with E-state index in [9.17, 15) is 0 Å². The van der Waals surface area contributed by atoms with Crippen LogP contribution in [0.15, 0.2) is 18.3 Å². The minimum absolute atomic E-state index is 0.566. The number of hydrogen-bond acceptors (Lipinski definition) is 3. The van der Waals surface area contributed by atoms with Gasteiger partial charge in [0.1, 0.15) is 5.82 Å². The molecule has 0 amide bonds. The van der Waals surface area contributed by atoms with Gasteiger partial charge < -0.3 is 11.1 Å². The van der Waals surface area contributed by atoms with Crippen molar-refractivity contribution in [1.29, 1.82) is 0 Å². The van der Waals surface area contributed by atoms with Crippen LogP contribution in [0, 0.1) is 0 Å². The van der Waals surface area contributed by atoms with Crippen molar-refractivity contribution >= 4 is 5.82 Å². The Labute approximate surface area is 84.7 Å². The first-order valence-electron chi connectivity index (χ1n) is 5.30. The summed E-state index contributed by atoms with van der Waals surface area (Å²) in [6.07, 6.45) is 7.09. The van der Waals surface area contributed by atoms with Gasteiger partial charge in [-0.2, -0.15) is 0 Å². The van der Waals surface area contributed by atoms with Crippen molar-refractivity contribution < 1.29 is 0 Å². The average Bonchev–Trinajstić information content (AvgIpc) is 2.72. The van der Waals surface area contributed by atoms with Crippen molar-refractivity contribution in [2.75, 3.05) is 5.32 Å². The molecule has 76 valence electrons. The second kappa shape index (κ2) is 4.42. The lowest BCUT2D eigenvalue weighted by Gasteiger charge is -2.12. The van der Waals surface area contributed by atoms with E-state index >= 15 is 0 Å². The molecular formula is C11H17N3. The summed E-state index contributed by atoms with van der Waals surface area (Å²) in [5.41, 5.74) is 6.59. The van der Waals surface area contributed by atoms with Crippen LogP contribution in [-0.4, -0.2) is 11.0 Å². The van der Waals surface area contributed by atoms with Gasteiger partial charge in [-0.1, -0.05) is 18.9 Å². The standard InChI is InChI=1S/C11H17N3/c12-7-9-5-6-11(13-8-9)14-10-3-1-2-4-10/h5-6,8,10H,1-4,7,12H2,(H,13,14). The van der Waals surface area contributed by atoms with Crippen molar-refractivity contribution in [1.82, 2.24) is 4.98 Å². The summed E-state index contributed by atoms with van der Waals surface area (Å²) < 4.78 is 0. The van der Waals surface area contributed by atoms with Crippen LogP contribution in [0.4, 0.5) is 5.82 Å². The Morgan fingerprint density at radius 3 is 2.71 bits per heavy atom. The average molecular weight is 191 g/mol. The molecule has 1 saturated carbocycles. The molecule has 1 aliphatic carbocycles. The van der Waals surface area contributed by atoms with Gasteiger partial charge in [0.15, 0.2) is 0 Å². The van der Waals surface area contributed by atoms with Crippen LogP contribution in [-0.2, 0) is 6.54 Å². The van der Waals surface area contributed by atoms with Gasteiger partial charge in [0.2, 0.25) is 0 Å². The monoisotopic (exact) mass is 191 g/mol. The van der Waals surface area contributed by atoms with E-state index in [1.807, 2.05) is 18.3 Å². The Morgan fingerprint density at radius 1 is 1.36 bits per heavy atom. The molecule has 1 aromatic rings. The highest BCUT2D eigenvalue weighted by Crippen LogP contribution is 2.21. The van der Waals surface area contributed by atoms with Gasteiger partial charge in [0, 0.05) is 18.8 Å². The number of anilines is 1. The van der Waals surface area contributed by atoms with E-state index < -0.39 is 0 Å². The van der Waals surface area contributed by atoms with Gasteiger partial charge >= 0.3 is 0 Å². The van der Waals surface area contributed by atoms with E-state index in [0.717, 1.165) is 11.4 Å². The summed E-state index contributed by atoms with van der Waals surface area (Å²) >= 11 is 0. The molecule has 0 saturated heterocycles.